The Kier molecular flexibility index (Phi) is 11.1. The first-order valence-electron chi connectivity index (χ1n) is 19.2. The summed E-state index contributed by atoms with van der Waals surface area (Å²) in [5.41, 5.74) is -3.79. The molecule has 4 atom stereocenters. The lowest BCUT2D eigenvalue weighted by Gasteiger charge is -2.56. The van der Waals surface area contributed by atoms with Crippen molar-refractivity contribution in [2.24, 2.45) is 11.8 Å². The molecule has 5 aliphatic rings. The first-order chi connectivity index (χ1) is 24.8. The Balaban J connectivity index is 1.12. The van der Waals surface area contributed by atoms with Gasteiger partial charge < -0.3 is 30.3 Å². The molecule has 0 aromatic heterocycles. The van der Waals surface area contributed by atoms with Crippen LogP contribution in [-0.2, 0) is 28.7 Å². The molecule has 4 N–H and O–H groups in total. The molecule has 304 valence electrons. The second-order valence-corrected chi connectivity index (χ2v) is 19.0. The number of esters is 2. The number of carbonyl (C=O) groups is 6. The van der Waals surface area contributed by atoms with Gasteiger partial charge >= 0.3 is 24.0 Å². The van der Waals surface area contributed by atoms with Gasteiger partial charge in [0.15, 0.2) is 0 Å². The molecule has 1 aliphatic carbocycles. The fourth-order valence-corrected chi connectivity index (χ4v) is 10.1. The number of aliphatic hydroxyl groups excluding tert-OH is 2. The molecule has 1 saturated carbocycles. The van der Waals surface area contributed by atoms with Crippen molar-refractivity contribution in [1.29, 1.82) is 0 Å². The Hall–Kier alpha value is -3.34. The highest BCUT2D eigenvalue weighted by molar-refractivity contribution is 6.08. The van der Waals surface area contributed by atoms with Crippen LogP contribution in [0.1, 0.15) is 107 Å². The van der Waals surface area contributed by atoms with Crippen LogP contribution in [0.2, 0.25) is 0 Å². The van der Waals surface area contributed by atoms with Crippen LogP contribution in [0.3, 0.4) is 0 Å². The lowest BCUT2D eigenvalue weighted by atomic mass is 9.69. The van der Waals surface area contributed by atoms with Crippen LogP contribution in [0.15, 0.2) is 0 Å². The monoisotopic (exact) mass is 762 g/mol. The van der Waals surface area contributed by atoms with E-state index < -0.39 is 84.2 Å². The minimum Gasteiger partial charge on any atom is -0.463 e. The summed E-state index contributed by atoms with van der Waals surface area (Å²) in [4.78, 5) is 86.2. The minimum absolute atomic E-state index is 0.346. The summed E-state index contributed by atoms with van der Waals surface area (Å²) in [5.74, 6) is -3.99. The van der Waals surface area contributed by atoms with Gasteiger partial charge in [-0.05, 0) is 108 Å². The molecule has 0 aromatic rings. The predicted octanol–water partition coefficient (Wildman–Crippen LogP) is 1.75. The molecule has 4 unspecified atom stereocenters. The quantitative estimate of drug-likeness (QED) is 0.186. The van der Waals surface area contributed by atoms with Crippen LogP contribution in [0.4, 0.5) is 9.59 Å². The number of rotatable bonds is 10. The molecule has 5 rings (SSSR count). The normalized spacial score (nSPS) is 29.6. The van der Waals surface area contributed by atoms with Crippen molar-refractivity contribution in [2.45, 2.75) is 152 Å². The number of amides is 6. The standard InChI is InChI=1S/C38H62N6O10/c1-33(2)19-37(20-34(3,4)41(33)9)29(49)43(31(51)39-37)15-23(45)17-53-27(47)25-13-11-12-14-26(25)28(48)54-18-24(46)16-44-30(50)38(40-32(44)52)21-35(5,6)42(10)36(7,8)22-38/h23-26,45-46H,11-22H2,1-10H3,(H,39,51)(H,40,52). The number of aliphatic hydroxyl groups is 2. The van der Waals surface area contributed by atoms with E-state index in [1.165, 1.54) is 0 Å². The summed E-state index contributed by atoms with van der Waals surface area (Å²) in [6, 6.07) is -1.22. The van der Waals surface area contributed by atoms with Gasteiger partial charge in [0, 0.05) is 22.2 Å². The molecular formula is C38H62N6O10. The number of nitrogens with one attached hydrogen (secondary N) is 2. The lowest BCUT2D eigenvalue weighted by Crippen LogP contribution is -2.68. The van der Waals surface area contributed by atoms with Gasteiger partial charge in [-0.25, -0.2) is 9.59 Å². The van der Waals surface area contributed by atoms with E-state index in [1.54, 1.807) is 0 Å². The fourth-order valence-electron chi connectivity index (χ4n) is 10.1. The summed E-state index contributed by atoms with van der Waals surface area (Å²) >= 11 is 0. The van der Waals surface area contributed by atoms with Gasteiger partial charge in [-0.3, -0.25) is 38.8 Å². The van der Waals surface area contributed by atoms with Gasteiger partial charge in [-0.15, -0.1) is 0 Å². The smallest absolute Gasteiger partial charge is 0.325 e. The molecule has 4 saturated heterocycles. The highest BCUT2D eigenvalue weighted by atomic mass is 16.6. The third-order valence-electron chi connectivity index (χ3n) is 13.1. The largest absolute Gasteiger partial charge is 0.463 e. The molecule has 0 aromatic carbocycles. The average molecular weight is 763 g/mol. The number of likely N-dealkylation sites (tertiary alicyclic amines) is 2. The Bertz CT molecular complexity index is 1400. The van der Waals surface area contributed by atoms with Crippen LogP contribution in [0, 0.1) is 11.8 Å². The van der Waals surface area contributed by atoms with E-state index in [-0.39, 0.29) is 35.2 Å². The zero-order valence-corrected chi connectivity index (χ0v) is 33.7. The summed E-state index contributed by atoms with van der Waals surface area (Å²) in [5, 5.41) is 27.4. The van der Waals surface area contributed by atoms with Gasteiger partial charge in [-0.2, -0.15) is 0 Å². The summed E-state index contributed by atoms with van der Waals surface area (Å²) < 4.78 is 10.9. The van der Waals surface area contributed by atoms with Crippen LogP contribution >= 0.6 is 0 Å². The van der Waals surface area contributed by atoms with Crippen molar-refractivity contribution < 1.29 is 48.5 Å². The first-order valence-corrected chi connectivity index (χ1v) is 19.2. The van der Waals surface area contributed by atoms with Crippen molar-refractivity contribution in [3.05, 3.63) is 0 Å². The molecule has 2 spiro atoms. The fraction of sp³-hybridized carbons (Fsp3) is 0.842. The topological polar surface area (TPSA) is 198 Å². The zero-order chi connectivity index (χ0) is 40.4. The van der Waals surface area contributed by atoms with E-state index >= 15 is 0 Å². The van der Waals surface area contributed by atoms with Gasteiger partial charge in [0.2, 0.25) is 0 Å². The summed E-state index contributed by atoms with van der Waals surface area (Å²) in [7, 11) is 3.99. The lowest BCUT2D eigenvalue weighted by molar-refractivity contribution is -0.166. The molecule has 0 radical (unpaired) electrons. The van der Waals surface area contributed by atoms with E-state index in [2.05, 4.69) is 20.4 Å². The highest BCUT2D eigenvalue weighted by Crippen LogP contribution is 2.46. The van der Waals surface area contributed by atoms with E-state index in [0.717, 1.165) is 9.80 Å². The van der Waals surface area contributed by atoms with Gasteiger partial charge in [0.25, 0.3) is 11.8 Å². The number of carbonyl (C=O) groups excluding carboxylic acids is 6. The van der Waals surface area contributed by atoms with Crippen molar-refractivity contribution in [3.8, 4) is 0 Å². The van der Waals surface area contributed by atoms with E-state index in [0.29, 0.717) is 51.4 Å². The van der Waals surface area contributed by atoms with Crippen LogP contribution in [-0.4, -0.2) is 151 Å². The molecule has 5 fully saturated rings. The number of hydrogen-bond acceptors (Lipinski definition) is 12. The van der Waals surface area contributed by atoms with Crippen LogP contribution in [0.25, 0.3) is 0 Å². The first kappa shape index (κ1) is 41.8. The summed E-state index contributed by atoms with van der Waals surface area (Å²) in [6.07, 6.45) is 0.883. The Morgan fingerprint density at radius 2 is 0.926 bits per heavy atom. The molecule has 16 nitrogen and oxygen atoms in total. The number of ether oxygens (including phenoxy) is 2. The third kappa shape index (κ3) is 7.72. The van der Waals surface area contributed by atoms with Crippen molar-refractivity contribution in [1.82, 2.24) is 30.2 Å². The van der Waals surface area contributed by atoms with E-state index in [1.807, 2.05) is 69.5 Å². The van der Waals surface area contributed by atoms with Crippen molar-refractivity contribution in [2.75, 3.05) is 40.4 Å². The zero-order valence-electron chi connectivity index (χ0n) is 33.7. The molecule has 4 aliphatic heterocycles. The molecule has 54 heavy (non-hydrogen) atoms. The maximum atomic E-state index is 13.7. The van der Waals surface area contributed by atoms with E-state index in [9.17, 15) is 39.0 Å². The Labute approximate surface area is 318 Å². The second-order valence-electron chi connectivity index (χ2n) is 19.0. The second kappa shape index (κ2) is 14.3. The molecule has 16 heteroatoms. The number of nitrogens with zero attached hydrogens (tertiary/aromatic N) is 4. The molecule has 4 heterocycles. The number of piperidine rings is 2. The maximum absolute atomic E-state index is 13.7. The number of imide groups is 2. The Morgan fingerprint density at radius 3 is 1.22 bits per heavy atom. The third-order valence-corrected chi connectivity index (χ3v) is 13.1. The van der Waals surface area contributed by atoms with Crippen LogP contribution in [0.5, 0.6) is 0 Å². The number of hydrogen-bond donors (Lipinski definition) is 4. The molecule has 0 bridgehead atoms. The Morgan fingerprint density at radius 1 is 0.630 bits per heavy atom. The molecule has 6 amide bonds. The van der Waals surface area contributed by atoms with Crippen molar-refractivity contribution >= 4 is 35.8 Å². The molecular weight excluding hydrogens is 700 g/mol. The van der Waals surface area contributed by atoms with Crippen LogP contribution < -0.4 is 10.6 Å². The average Bonchev–Trinajstić information content (AvgIpc) is 3.40. The number of urea groups is 2. The summed E-state index contributed by atoms with van der Waals surface area (Å²) in [6.45, 7) is 14.4. The maximum Gasteiger partial charge on any atom is 0.325 e. The SMILES string of the molecule is CN1C(C)(C)CC2(CC1(C)C)NC(=O)N(CC(O)COC(=O)C1CCCCC1C(=O)OCC(O)CN1C(=O)NC3(CC(C)(C)N(C)C(C)(C)C3)C1=O)C2=O. The van der Waals surface area contributed by atoms with E-state index in [4.69, 9.17) is 9.47 Å². The van der Waals surface area contributed by atoms with Gasteiger partial charge in [-0.1, -0.05) is 12.8 Å². The predicted molar refractivity (Wildman–Crippen MR) is 196 cm³/mol. The van der Waals surface area contributed by atoms with Gasteiger partial charge in [0.1, 0.15) is 36.5 Å². The van der Waals surface area contributed by atoms with Crippen molar-refractivity contribution in [3.63, 3.8) is 0 Å². The minimum atomic E-state index is -1.36. The van der Waals surface area contributed by atoms with Gasteiger partial charge in [0.05, 0.1) is 24.9 Å². The highest BCUT2D eigenvalue weighted by Gasteiger charge is 2.62. The number of β-amino-alcohol motifs (C(OH)–C–C–N with tert-alkyl or cyclic N) is 2.